The van der Waals surface area contributed by atoms with E-state index in [9.17, 15) is 18.8 Å². The lowest BCUT2D eigenvalue weighted by molar-refractivity contribution is -0.118. The average Bonchev–Trinajstić information content (AvgIpc) is 3.04. The number of carbonyl (C=O) groups excluding carboxylic acids is 1. The maximum Gasteiger partial charge on any atom is 0.332 e. The number of nitrogens with zero attached hydrogens (tertiary/aromatic N) is 4. The van der Waals surface area contributed by atoms with Gasteiger partial charge < -0.3 is 9.88 Å². The molecule has 0 spiro atoms. The Balaban J connectivity index is 2.05. The van der Waals surface area contributed by atoms with Crippen LogP contribution >= 0.6 is 0 Å². The standard InChI is InChI=1S/C16H16FN5O3/c1-9(14(23)19-11-7-5-4-6-10(11)17)22-8-18-13-12(22)15(24)21(3)16(25)20(13)2/h4-9H,1-3H3,(H,19,23). The maximum absolute atomic E-state index is 13.7. The summed E-state index contributed by atoms with van der Waals surface area (Å²) >= 11 is 0. The molecule has 1 N–H and O–H groups in total. The fourth-order valence-electron chi connectivity index (χ4n) is 2.58. The van der Waals surface area contributed by atoms with E-state index >= 15 is 0 Å². The number of fused-ring (bicyclic) bond motifs is 1. The van der Waals surface area contributed by atoms with Crippen LogP contribution in [0.4, 0.5) is 10.1 Å². The number of rotatable bonds is 3. The summed E-state index contributed by atoms with van der Waals surface area (Å²) in [5, 5.41) is 2.48. The molecule has 0 saturated heterocycles. The predicted molar refractivity (Wildman–Crippen MR) is 90.0 cm³/mol. The van der Waals surface area contributed by atoms with E-state index in [1.807, 2.05) is 0 Å². The Bertz CT molecular complexity index is 1100. The van der Waals surface area contributed by atoms with Crippen molar-refractivity contribution in [1.82, 2.24) is 18.7 Å². The fraction of sp³-hybridized carbons (Fsp3) is 0.250. The Hall–Kier alpha value is -3.23. The lowest BCUT2D eigenvalue weighted by atomic mass is 10.2. The third-order valence-electron chi connectivity index (χ3n) is 4.10. The molecule has 1 atom stereocenters. The second-order valence-electron chi connectivity index (χ2n) is 5.67. The molecule has 3 rings (SSSR count). The number of para-hydroxylation sites is 1. The quantitative estimate of drug-likeness (QED) is 0.759. The highest BCUT2D eigenvalue weighted by Gasteiger charge is 2.22. The Morgan fingerprint density at radius 2 is 1.88 bits per heavy atom. The van der Waals surface area contributed by atoms with Gasteiger partial charge in [0, 0.05) is 14.1 Å². The summed E-state index contributed by atoms with van der Waals surface area (Å²) in [4.78, 5) is 40.9. The van der Waals surface area contributed by atoms with Crippen LogP contribution in [-0.4, -0.2) is 24.6 Å². The molecular formula is C16H16FN5O3. The van der Waals surface area contributed by atoms with Crippen LogP contribution in [0.25, 0.3) is 11.2 Å². The van der Waals surface area contributed by atoms with Crippen molar-refractivity contribution in [2.45, 2.75) is 13.0 Å². The number of aryl methyl sites for hydroxylation is 1. The number of amides is 1. The van der Waals surface area contributed by atoms with E-state index in [2.05, 4.69) is 10.3 Å². The highest BCUT2D eigenvalue weighted by Crippen LogP contribution is 2.17. The molecule has 1 amide bonds. The maximum atomic E-state index is 13.7. The van der Waals surface area contributed by atoms with Crippen LogP contribution in [0.5, 0.6) is 0 Å². The van der Waals surface area contributed by atoms with Gasteiger partial charge in [-0.1, -0.05) is 12.1 Å². The molecule has 0 radical (unpaired) electrons. The molecule has 1 aromatic carbocycles. The number of halogens is 1. The van der Waals surface area contributed by atoms with E-state index in [-0.39, 0.29) is 16.9 Å². The number of hydrogen-bond donors (Lipinski definition) is 1. The van der Waals surface area contributed by atoms with Gasteiger partial charge in [-0.25, -0.2) is 14.2 Å². The number of aromatic nitrogens is 4. The predicted octanol–water partition coefficient (Wildman–Crippen LogP) is 0.772. The Labute approximate surface area is 141 Å². The van der Waals surface area contributed by atoms with Crippen molar-refractivity contribution < 1.29 is 9.18 Å². The molecule has 25 heavy (non-hydrogen) atoms. The van der Waals surface area contributed by atoms with Crippen molar-refractivity contribution in [2.75, 3.05) is 5.32 Å². The molecule has 1 unspecified atom stereocenters. The van der Waals surface area contributed by atoms with E-state index in [4.69, 9.17) is 0 Å². The molecule has 0 aliphatic rings. The van der Waals surface area contributed by atoms with Crippen molar-refractivity contribution in [2.24, 2.45) is 14.1 Å². The van der Waals surface area contributed by atoms with Gasteiger partial charge in [0.15, 0.2) is 11.2 Å². The summed E-state index contributed by atoms with van der Waals surface area (Å²) in [6, 6.07) is 4.95. The van der Waals surface area contributed by atoms with Gasteiger partial charge in [0.1, 0.15) is 11.9 Å². The van der Waals surface area contributed by atoms with Gasteiger partial charge >= 0.3 is 5.69 Å². The van der Waals surface area contributed by atoms with E-state index in [1.54, 1.807) is 13.0 Å². The topological polar surface area (TPSA) is 90.9 Å². The molecule has 0 fully saturated rings. The van der Waals surface area contributed by atoms with Crippen molar-refractivity contribution in [3.63, 3.8) is 0 Å². The van der Waals surface area contributed by atoms with E-state index < -0.39 is 29.0 Å². The number of carbonyl (C=O) groups is 1. The van der Waals surface area contributed by atoms with E-state index in [0.29, 0.717) is 0 Å². The third kappa shape index (κ3) is 2.63. The SMILES string of the molecule is CC(C(=O)Nc1ccccc1F)n1cnc2c1c(=O)n(C)c(=O)n2C. The molecule has 0 saturated carbocycles. The molecule has 2 aromatic heterocycles. The highest BCUT2D eigenvalue weighted by atomic mass is 19.1. The number of benzene rings is 1. The average molecular weight is 345 g/mol. The lowest BCUT2D eigenvalue weighted by Crippen LogP contribution is -2.38. The number of nitrogens with one attached hydrogen (secondary N) is 1. The minimum atomic E-state index is -0.838. The van der Waals surface area contributed by atoms with Crippen LogP contribution in [0.3, 0.4) is 0 Å². The molecule has 0 bridgehead atoms. The van der Waals surface area contributed by atoms with Crippen LogP contribution in [-0.2, 0) is 18.9 Å². The van der Waals surface area contributed by atoms with Crippen LogP contribution in [0.1, 0.15) is 13.0 Å². The van der Waals surface area contributed by atoms with Crippen molar-refractivity contribution in [3.8, 4) is 0 Å². The first-order chi connectivity index (χ1) is 11.8. The van der Waals surface area contributed by atoms with Crippen LogP contribution < -0.4 is 16.6 Å². The largest absolute Gasteiger partial charge is 0.332 e. The zero-order valence-corrected chi connectivity index (χ0v) is 13.9. The summed E-state index contributed by atoms with van der Waals surface area (Å²) in [6.07, 6.45) is 1.32. The van der Waals surface area contributed by atoms with Gasteiger partial charge in [0.05, 0.1) is 12.0 Å². The monoisotopic (exact) mass is 345 g/mol. The molecule has 8 nitrogen and oxygen atoms in total. The Morgan fingerprint density at radius 1 is 1.20 bits per heavy atom. The van der Waals surface area contributed by atoms with Crippen LogP contribution in [0, 0.1) is 5.82 Å². The van der Waals surface area contributed by atoms with E-state index in [0.717, 1.165) is 4.57 Å². The molecule has 0 aliphatic heterocycles. The van der Waals surface area contributed by atoms with Gasteiger partial charge in [-0.15, -0.1) is 0 Å². The molecular weight excluding hydrogens is 329 g/mol. The Morgan fingerprint density at radius 3 is 2.56 bits per heavy atom. The number of hydrogen-bond acceptors (Lipinski definition) is 4. The molecule has 130 valence electrons. The summed E-state index contributed by atoms with van der Waals surface area (Å²) in [5.74, 6) is -1.07. The summed E-state index contributed by atoms with van der Waals surface area (Å²) in [5.41, 5.74) is -0.712. The highest BCUT2D eigenvalue weighted by molar-refractivity contribution is 5.94. The molecule has 2 heterocycles. The minimum absolute atomic E-state index is 0.0454. The van der Waals surface area contributed by atoms with E-state index in [1.165, 1.54) is 47.8 Å². The van der Waals surface area contributed by atoms with Crippen LogP contribution in [0.2, 0.25) is 0 Å². The first-order valence-electron chi connectivity index (χ1n) is 7.51. The Kier molecular flexibility index (Phi) is 3.99. The first kappa shape index (κ1) is 16.6. The third-order valence-corrected chi connectivity index (χ3v) is 4.10. The zero-order valence-electron chi connectivity index (χ0n) is 13.9. The second-order valence-corrected chi connectivity index (χ2v) is 5.67. The van der Waals surface area contributed by atoms with Crippen molar-refractivity contribution in [3.05, 3.63) is 57.2 Å². The van der Waals surface area contributed by atoms with Gasteiger partial charge in [0.2, 0.25) is 5.91 Å². The molecule has 3 aromatic rings. The summed E-state index contributed by atoms with van der Waals surface area (Å²) in [7, 11) is 2.84. The molecule has 9 heteroatoms. The van der Waals surface area contributed by atoms with Gasteiger partial charge in [-0.2, -0.15) is 0 Å². The van der Waals surface area contributed by atoms with Crippen LogP contribution in [0.15, 0.2) is 40.2 Å². The summed E-state index contributed by atoms with van der Waals surface area (Å²) in [6.45, 7) is 1.56. The fourth-order valence-corrected chi connectivity index (χ4v) is 2.58. The van der Waals surface area contributed by atoms with Crippen molar-refractivity contribution in [1.29, 1.82) is 0 Å². The minimum Gasteiger partial charge on any atom is -0.322 e. The lowest BCUT2D eigenvalue weighted by Gasteiger charge is -2.15. The smallest absolute Gasteiger partial charge is 0.322 e. The number of imidazole rings is 1. The van der Waals surface area contributed by atoms with Gasteiger partial charge in [-0.05, 0) is 19.1 Å². The van der Waals surface area contributed by atoms with Gasteiger partial charge in [-0.3, -0.25) is 18.7 Å². The van der Waals surface area contributed by atoms with Crippen molar-refractivity contribution >= 4 is 22.8 Å². The number of anilines is 1. The first-order valence-corrected chi connectivity index (χ1v) is 7.51. The normalized spacial score (nSPS) is 12.3. The van der Waals surface area contributed by atoms with Gasteiger partial charge in [0.25, 0.3) is 5.56 Å². The molecule has 0 aliphatic carbocycles. The summed E-state index contributed by atoms with van der Waals surface area (Å²) < 4.78 is 17.2. The zero-order chi connectivity index (χ0) is 18.3. The second kappa shape index (κ2) is 6.00.